The number of sulfonamides is 1. The molecule has 7 nitrogen and oxygen atoms in total. The number of aromatic nitrogens is 2. The summed E-state index contributed by atoms with van der Waals surface area (Å²) < 4.78 is 72.9. The highest BCUT2D eigenvalue weighted by atomic mass is 32.2. The van der Waals surface area contributed by atoms with Crippen LogP contribution in [0.25, 0.3) is 11.5 Å². The van der Waals surface area contributed by atoms with Crippen molar-refractivity contribution in [3.8, 4) is 17.2 Å². The second kappa shape index (κ2) is 6.41. The zero-order valence-corrected chi connectivity index (χ0v) is 14.0. The summed E-state index contributed by atoms with van der Waals surface area (Å²) in [4.78, 5) is -0.0993. The molecule has 138 valence electrons. The molecule has 26 heavy (non-hydrogen) atoms. The monoisotopic (exact) mass is 387 g/mol. The number of halogens is 3. The maximum Gasteiger partial charge on any atom is 0.573 e. The number of aryl methyl sites for hydroxylation is 1. The minimum absolute atomic E-state index is 0.0724. The highest BCUT2D eigenvalue weighted by Gasteiger charge is 2.31. The lowest BCUT2D eigenvalue weighted by atomic mass is 10.3. The minimum Gasteiger partial charge on any atom is -0.458 e. The Morgan fingerprint density at radius 2 is 1.88 bits per heavy atom. The lowest BCUT2D eigenvalue weighted by molar-refractivity contribution is -0.274. The Morgan fingerprint density at radius 3 is 2.46 bits per heavy atom. The van der Waals surface area contributed by atoms with Crippen LogP contribution in [0.3, 0.4) is 0 Å². The number of aromatic amines is 1. The van der Waals surface area contributed by atoms with Gasteiger partial charge in [-0.3, -0.25) is 9.82 Å². The molecule has 2 N–H and O–H groups in total. The largest absolute Gasteiger partial charge is 0.573 e. The summed E-state index contributed by atoms with van der Waals surface area (Å²) in [6, 6.07) is 7.26. The SMILES string of the molecule is Cc1oc(-c2ccn[nH]2)cc1S(=O)(=O)Nc1ccc(OC(F)(F)F)cc1. The zero-order valence-electron chi connectivity index (χ0n) is 13.2. The summed E-state index contributed by atoms with van der Waals surface area (Å²) in [6.45, 7) is 1.48. The van der Waals surface area contributed by atoms with Gasteiger partial charge < -0.3 is 9.15 Å². The molecule has 0 saturated carbocycles. The van der Waals surface area contributed by atoms with Gasteiger partial charge in [-0.1, -0.05) is 0 Å². The predicted octanol–water partition coefficient (Wildman–Crippen LogP) is 3.68. The fourth-order valence-electron chi connectivity index (χ4n) is 2.19. The number of hydrogen-bond donors (Lipinski definition) is 2. The number of benzene rings is 1. The first kappa shape index (κ1) is 17.9. The van der Waals surface area contributed by atoms with Crippen molar-refractivity contribution in [2.24, 2.45) is 0 Å². The van der Waals surface area contributed by atoms with E-state index in [1.165, 1.54) is 19.2 Å². The molecule has 0 saturated heterocycles. The molecule has 0 radical (unpaired) electrons. The Hall–Kier alpha value is -2.95. The van der Waals surface area contributed by atoms with Crippen LogP contribution in [0, 0.1) is 6.92 Å². The number of H-pyrrole nitrogens is 1. The number of alkyl halides is 3. The van der Waals surface area contributed by atoms with Gasteiger partial charge in [0.2, 0.25) is 0 Å². The Kier molecular flexibility index (Phi) is 4.40. The Morgan fingerprint density at radius 1 is 1.19 bits per heavy atom. The fraction of sp³-hybridized carbons (Fsp3) is 0.133. The van der Waals surface area contributed by atoms with Crippen LogP contribution >= 0.6 is 0 Å². The third kappa shape index (κ3) is 3.99. The van der Waals surface area contributed by atoms with Gasteiger partial charge in [0.25, 0.3) is 10.0 Å². The van der Waals surface area contributed by atoms with Crippen LogP contribution in [-0.4, -0.2) is 25.0 Å². The van der Waals surface area contributed by atoms with E-state index in [2.05, 4.69) is 19.7 Å². The van der Waals surface area contributed by atoms with Crippen molar-refractivity contribution >= 4 is 15.7 Å². The van der Waals surface area contributed by atoms with E-state index >= 15 is 0 Å². The van der Waals surface area contributed by atoms with Crippen LogP contribution in [0.5, 0.6) is 5.75 Å². The van der Waals surface area contributed by atoms with Crippen molar-refractivity contribution in [1.82, 2.24) is 10.2 Å². The highest BCUT2D eigenvalue weighted by Crippen LogP contribution is 2.29. The summed E-state index contributed by atoms with van der Waals surface area (Å²) in [7, 11) is -4.00. The van der Waals surface area contributed by atoms with Crippen LogP contribution in [0.4, 0.5) is 18.9 Å². The molecule has 0 bridgehead atoms. The first-order valence-corrected chi connectivity index (χ1v) is 8.61. The molecule has 0 atom stereocenters. The van der Waals surface area contributed by atoms with Crippen molar-refractivity contribution in [3.05, 3.63) is 48.4 Å². The van der Waals surface area contributed by atoms with E-state index in [4.69, 9.17) is 4.42 Å². The molecule has 1 aromatic carbocycles. The van der Waals surface area contributed by atoms with Gasteiger partial charge in [0.1, 0.15) is 22.1 Å². The topological polar surface area (TPSA) is 97.2 Å². The van der Waals surface area contributed by atoms with E-state index in [0.717, 1.165) is 24.3 Å². The normalized spacial score (nSPS) is 12.2. The summed E-state index contributed by atoms with van der Waals surface area (Å²) in [5, 5.41) is 6.41. The summed E-state index contributed by atoms with van der Waals surface area (Å²) in [5.41, 5.74) is 0.575. The molecule has 0 unspecified atom stereocenters. The number of furan rings is 1. The van der Waals surface area contributed by atoms with E-state index in [-0.39, 0.29) is 22.1 Å². The van der Waals surface area contributed by atoms with Gasteiger partial charge in [-0.25, -0.2) is 8.42 Å². The molecule has 2 heterocycles. The average molecular weight is 387 g/mol. The molecule has 2 aromatic heterocycles. The molecule has 0 spiro atoms. The lowest BCUT2D eigenvalue weighted by Gasteiger charge is -2.10. The first-order valence-electron chi connectivity index (χ1n) is 7.13. The smallest absolute Gasteiger partial charge is 0.458 e. The number of rotatable bonds is 5. The van der Waals surface area contributed by atoms with Gasteiger partial charge in [0.05, 0.1) is 0 Å². The highest BCUT2D eigenvalue weighted by molar-refractivity contribution is 7.92. The predicted molar refractivity (Wildman–Crippen MR) is 85.0 cm³/mol. The lowest BCUT2D eigenvalue weighted by Crippen LogP contribution is -2.17. The van der Waals surface area contributed by atoms with E-state index in [0.29, 0.717) is 5.69 Å². The van der Waals surface area contributed by atoms with Gasteiger partial charge in [-0.15, -0.1) is 13.2 Å². The molecule has 11 heteroatoms. The molecule has 0 amide bonds. The molecule has 3 aromatic rings. The van der Waals surface area contributed by atoms with Gasteiger partial charge in [-0.05, 0) is 37.3 Å². The second-order valence-corrected chi connectivity index (χ2v) is 6.83. The second-order valence-electron chi connectivity index (χ2n) is 5.18. The van der Waals surface area contributed by atoms with Gasteiger partial charge in [0, 0.05) is 18.0 Å². The van der Waals surface area contributed by atoms with E-state index in [1.54, 1.807) is 6.07 Å². The van der Waals surface area contributed by atoms with Crippen molar-refractivity contribution in [3.63, 3.8) is 0 Å². The summed E-state index contributed by atoms with van der Waals surface area (Å²) >= 11 is 0. The zero-order chi connectivity index (χ0) is 18.9. The van der Waals surface area contributed by atoms with Crippen LogP contribution in [-0.2, 0) is 10.0 Å². The maximum atomic E-state index is 12.5. The third-order valence-corrected chi connectivity index (χ3v) is 4.76. The summed E-state index contributed by atoms with van der Waals surface area (Å²) in [6.07, 6.45) is -3.33. The summed E-state index contributed by atoms with van der Waals surface area (Å²) in [5.74, 6) is -0.0186. The molecular weight excluding hydrogens is 375 g/mol. The van der Waals surface area contributed by atoms with Crippen LogP contribution < -0.4 is 9.46 Å². The van der Waals surface area contributed by atoms with Crippen LogP contribution in [0.2, 0.25) is 0 Å². The molecule has 0 fully saturated rings. The van der Waals surface area contributed by atoms with E-state index in [1.807, 2.05) is 0 Å². The number of anilines is 1. The average Bonchev–Trinajstić information content (AvgIpc) is 3.17. The van der Waals surface area contributed by atoms with Gasteiger partial charge >= 0.3 is 6.36 Å². The van der Waals surface area contributed by atoms with E-state index in [9.17, 15) is 21.6 Å². The fourth-order valence-corrected chi connectivity index (χ4v) is 3.43. The third-order valence-electron chi connectivity index (χ3n) is 3.27. The Labute approximate surface area is 145 Å². The van der Waals surface area contributed by atoms with Crippen molar-refractivity contribution in [1.29, 1.82) is 0 Å². The number of ether oxygens (including phenoxy) is 1. The standard InChI is InChI=1S/C15H12F3N3O4S/c1-9-14(8-13(24-9)12-6-7-19-20-12)26(22,23)21-10-2-4-11(5-3-10)25-15(16,17)18/h2-8,21H,1H3,(H,19,20). The quantitative estimate of drug-likeness (QED) is 0.696. The van der Waals surface area contributed by atoms with Gasteiger partial charge in [0.15, 0.2) is 5.76 Å². The van der Waals surface area contributed by atoms with Crippen LogP contribution in [0.1, 0.15) is 5.76 Å². The maximum absolute atomic E-state index is 12.5. The Bertz CT molecular complexity index is 994. The number of nitrogens with one attached hydrogen (secondary N) is 2. The molecule has 0 aliphatic rings. The van der Waals surface area contributed by atoms with Crippen LogP contribution in [0.15, 0.2) is 51.9 Å². The number of nitrogens with zero attached hydrogens (tertiary/aromatic N) is 1. The molecule has 0 aliphatic heterocycles. The van der Waals surface area contributed by atoms with Crippen molar-refractivity contribution < 1.29 is 30.7 Å². The molecule has 3 rings (SSSR count). The van der Waals surface area contributed by atoms with Crippen molar-refractivity contribution in [2.75, 3.05) is 4.72 Å². The van der Waals surface area contributed by atoms with E-state index < -0.39 is 22.1 Å². The number of hydrogen-bond acceptors (Lipinski definition) is 5. The minimum atomic E-state index is -4.82. The van der Waals surface area contributed by atoms with Gasteiger partial charge in [-0.2, -0.15) is 5.10 Å². The Balaban J connectivity index is 1.81. The molecular formula is C15H12F3N3O4S. The molecule has 0 aliphatic carbocycles. The first-order chi connectivity index (χ1) is 12.1. The van der Waals surface area contributed by atoms with Crippen molar-refractivity contribution in [2.45, 2.75) is 18.2 Å².